The normalized spacial score (nSPS) is 13.8. The molecule has 0 aliphatic heterocycles. The summed E-state index contributed by atoms with van der Waals surface area (Å²) in [6, 6.07) is 11.2. The van der Waals surface area contributed by atoms with Crippen LogP contribution < -0.4 is 5.32 Å². The number of benzene rings is 1. The van der Waals surface area contributed by atoms with E-state index in [4.69, 9.17) is 0 Å². The Labute approximate surface area is 118 Å². The Morgan fingerprint density at radius 3 is 2.65 bits per heavy atom. The van der Waals surface area contributed by atoms with Gasteiger partial charge in [-0.15, -0.1) is 0 Å². The molecule has 2 aromatic rings. The minimum Gasteiger partial charge on any atom is -0.393 e. The summed E-state index contributed by atoms with van der Waals surface area (Å²) in [5.41, 5.74) is 1.27. The van der Waals surface area contributed by atoms with Crippen LogP contribution in [0.3, 0.4) is 0 Å². The molecule has 20 heavy (non-hydrogen) atoms. The van der Waals surface area contributed by atoms with Crippen molar-refractivity contribution < 1.29 is 9.90 Å². The third-order valence-electron chi connectivity index (χ3n) is 2.91. The Balaban J connectivity index is 2.04. The van der Waals surface area contributed by atoms with E-state index in [0.29, 0.717) is 12.1 Å². The highest BCUT2D eigenvalue weighted by atomic mass is 16.3. The van der Waals surface area contributed by atoms with E-state index in [0.717, 1.165) is 5.69 Å². The summed E-state index contributed by atoms with van der Waals surface area (Å²) in [4.78, 5) is 12.0. The molecule has 0 saturated heterocycles. The number of nitrogens with one attached hydrogen (secondary N) is 1. The van der Waals surface area contributed by atoms with Crippen LogP contribution in [0.1, 0.15) is 30.8 Å². The first kappa shape index (κ1) is 14.3. The lowest BCUT2D eigenvalue weighted by molar-refractivity contribution is 0.0917. The third-order valence-corrected chi connectivity index (χ3v) is 2.91. The Bertz CT molecular complexity index is 564. The van der Waals surface area contributed by atoms with Crippen LogP contribution in [0, 0.1) is 0 Å². The molecule has 2 atom stereocenters. The minimum atomic E-state index is -0.438. The lowest BCUT2D eigenvalue weighted by Crippen LogP contribution is -2.34. The molecule has 1 heterocycles. The smallest absolute Gasteiger partial charge is 0.271 e. The third kappa shape index (κ3) is 3.68. The number of aliphatic hydroxyl groups excluding tert-OH is 1. The minimum absolute atomic E-state index is 0.0932. The maximum atomic E-state index is 12.0. The van der Waals surface area contributed by atoms with Crippen molar-refractivity contribution in [1.29, 1.82) is 0 Å². The molecule has 0 spiro atoms. The number of rotatable bonds is 5. The summed E-state index contributed by atoms with van der Waals surface area (Å²) in [5, 5.41) is 16.4. The molecule has 5 heteroatoms. The number of para-hydroxylation sites is 1. The fraction of sp³-hybridized carbons (Fsp3) is 0.333. The van der Waals surface area contributed by atoms with Crippen molar-refractivity contribution in [2.24, 2.45) is 0 Å². The predicted octanol–water partition coefficient (Wildman–Crippen LogP) is 1.76. The number of carbonyl (C=O) groups excluding carboxylic acids is 1. The SMILES string of the molecule is CC(O)CC(C)NC(=O)c1ccn(-c2ccccc2)n1. The van der Waals surface area contributed by atoms with Gasteiger partial charge in [-0.05, 0) is 38.5 Å². The summed E-state index contributed by atoms with van der Waals surface area (Å²) in [6.45, 7) is 3.56. The number of hydrogen-bond donors (Lipinski definition) is 2. The van der Waals surface area contributed by atoms with Crippen LogP contribution in [0.15, 0.2) is 42.6 Å². The molecule has 0 aliphatic carbocycles. The van der Waals surface area contributed by atoms with Crippen molar-refractivity contribution in [1.82, 2.24) is 15.1 Å². The van der Waals surface area contributed by atoms with Crippen LogP contribution in [0.2, 0.25) is 0 Å². The molecule has 1 aromatic carbocycles. The fourth-order valence-corrected chi connectivity index (χ4v) is 2.04. The molecule has 2 N–H and O–H groups in total. The largest absolute Gasteiger partial charge is 0.393 e. The molecule has 0 radical (unpaired) electrons. The topological polar surface area (TPSA) is 67.2 Å². The molecular weight excluding hydrogens is 254 g/mol. The second kappa shape index (κ2) is 6.34. The van der Waals surface area contributed by atoms with Gasteiger partial charge in [0.2, 0.25) is 0 Å². The predicted molar refractivity (Wildman–Crippen MR) is 76.8 cm³/mol. The van der Waals surface area contributed by atoms with E-state index in [-0.39, 0.29) is 11.9 Å². The van der Waals surface area contributed by atoms with Gasteiger partial charge in [-0.3, -0.25) is 4.79 Å². The Morgan fingerprint density at radius 2 is 2.00 bits per heavy atom. The number of amides is 1. The molecule has 2 rings (SSSR count). The first-order chi connectivity index (χ1) is 9.56. The second-order valence-electron chi connectivity index (χ2n) is 4.94. The summed E-state index contributed by atoms with van der Waals surface area (Å²) in [6.07, 6.45) is 1.83. The Hall–Kier alpha value is -2.14. The highest BCUT2D eigenvalue weighted by Crippen LogP contribution is 2.07. The number of aliphatic hydroxyl groups is 1. The van der Waals surface area contributed by atoms with Crippen LogP contribution in [-0.2, 0) is 0 Å². The molecule has 5 nitrogen and oxygen atoms in total. The van der Waals surface area contributed by atoms with E-state index in [1.54, 1.807) is 23.9 Å². The maximum absolute atomic E-state index is 12.0. The van der Waals surface area contributed by atoms with Crippen LogP contribution in [-0.4, -0.2) is 32.9 Å². The van der Waals surface area contributed by atoms with E-state index >= 15 is 0 Å². The molecule has 1 amide bonds. The van der Waals surface area contributed by atoms with Crippen molar-refractivity contribution in [3.63, 3.8) is 0 Å². The number of aromatic nitrogens is 2. The maximum Gasteiger partial charge on any atom is 0.271 e. The summed E-state index contributed by atoms with van der Waals surface area (Å²) < 4.78 is 1.66. The van der Waals surface area contributed by atoms with Crippen molar-refractivity contribution >= 4 is 5.91 Å². The first-order valence-electron chi connectivity index (χ1n) is 6.66. The quantitative estimate of drug-likeness (QED) is 0.872. The molecule has 0 bridgehead atoms. The van der Waals surface area contributed by atoms with Crippen LogP contribution in [0.5, 0.6) is 0 Å². The van der Waals surface area contributed by atoms with E-state index in [1.807, 2.05) is 37.3 Å². The van der Waals surface area contributed by atoms with Gasteiger partial charge in [-0.2, -0.15) is 5.10 Å². The lowest BCUT2D eigenvalue weighted by atomic mass is 10.1. The number of nitrogens with zero attached hydrogens (tertiary/aromatic N) is 2. The van der Waals surface area contributed by atoms with Gasteiger partial charge in [0, 0.05) is 12.2 Å². The van der Waals surface area contributed by atoms with Crippen molar-refractivity contribution in [2.75, 3.05) is 0 Å². The first-order valence-corrected chi connectivity index (χ1v) is 6.66. The van der Waals surface area contributed by atoms with Crippen molar-refractivity contribution in [2.45, 2.75) is 32.4 Å². The van der Waals surface area contributed by atoms with Crippen LogP contribution in [0.4, 0.5) is 0 Å². The Kier molecular flexibility index (Phi) is 4.53. The van der Waals surface area contributed by atoms with Gasteiger partial charge in [0.15, 0.2) is 5.69 Å². The number of hydrogen-bond acceptors (Lipinski definition) is 3. The monoisotopic (exact) mass is 273 g/mol. The van der Waals surface area contributed by atoms with E-state index < -0.39 is 6.10 Å². The van der Waals surface area contributed by atoms with Crippen LogP contribution in [0.25, 0.3) is 5.69 Å². The zero-order chi connectivity index (χ0) is 14.5. The van der Waals surface area contributed by atoms with Gasteiger partial charge in [0.05, 0.1) is 11.8 Å². The Morgan fingerprint density at radius 1 is 1.30 bits per heavy atom. The molecule has 106 valence electrons. The van der Waals surface area contributed by atoms with Crippen LogP contribution >= 0.6 is 0 Å². The van der Waals surface area contributed by atoms with Gasteiger partial charge in [-0.1, -0.05) is 18.2 Å². The summed E-state index contributed by atoms with van der Waals surface area (Å²) >= 11 is 0. The summed E-state index contributed by atoms with van der Waals surface area (Å²) in [7, 11) is 0. The van der Waals surface area contributed by atoms with Gasteiger partial charge in [0.25, 0.3) is 5.91 Å². The van der Waals surface area contributed by atoms with Gasteiger partial charge in [0.1, 0.15) is 0 Å². The standard InChI is InChI=1S/C15H19N3O2/c1-11(10-12(2)19)16-15(20)14-8-9-18(17-14)13-6-4-3-5-7-13/h3-9,11-12,19H,10H2,1-2H3,(H,16,20). The summed E-state index contributed by atoms with van der Waals surface area (Å²) in [5.74, 6) is -0.229. The molecular formula is C15H19N3O2. The average Bonchev–Trinajstić information content (AvgIpc) is 2.88. The van der Waals surface area contributed by atoms with E-state index in [1.165, 1.54) is 0 Å². The van der Waals surface area contributed by atoms with Gasteiger partial charge < -0.3 is 10.4 Å². The molecule has 0 aliphatic rings. The highest BCUT2D eigenvalue weighted by Gasteiger charge is 2.14. The van der Waals surface area contributed by atoms with Crippen molar-refractivity contribution in [3.05, 3.63) is 48.3 Å². The average molecular weight is 273 g/mol. The zero-order valence-corrected chi connectivity index (χ0v) is 11.7. The van der Waals surface area contributed by atoms with Gasteiger partial charge >= 0.3 is 0 Å². The molecule has 1 aromatic heterocycles. The molecule has 0 fully saturated rings. The molecule has 2 unspecified atom stereocenters. The fourth-order valence-electron chi connectivity index (χ4n) is 2.04. The highest BCUT2D eigenvalue weighted by molar-refractivity contribution is 5.92. The molecule has 0 saturated carbocycles. The van der Waals surface area contributed by atoms with E-state index in [2.05, 4.69) is 10.4 Å². The zero-order valence-electron chi connectivity index (χ0n) is 11.7. The van der Waals surface area contributed by atoms with E-state index in [9.17, 15) is 9.90 Å². The van der Waals surface area contributed by atoms with Crippen molar-refractivity contribution in [3.8, 4) is 5.69 Å². The second-order valence-corrected chi connectivity index (χ2v) is 4.94. The lowest BCUT2D eigenvalue weighted by Gasteiger charge is -2.14. The number of carbonyl (C=O) groups is 1. The van der Waals surface area contributed by atoms with Gasteiger partial charge in [-0.25, -0.2) is 4.68 Å².